The van der Waals surface area contributed by atoms with E-state index in [1.807, 2.05) is 0 Å². The van der Waals surface area contributed by atoms with Gasteiger partial charge in [-0.3, -0.25) is 0 Å². The highest BCUT2D eigenvalue weighted by molar-refractivity contribution is 14.1. The number of halogens is 1. The maximum Gasteiger partial charge on any atom is 0.0172 e. The predicted molar refractivity (Wildman–Crippen MR) is 106 cm³/mol. The van der Waals surface area contributed by atoms with Gasteiger partial charge in [-0.1, -0.05) is 71.0 Å². The summed E-state index contributed by atoms with van der Waals surface area (Å²) < 4.78 is 1.29. The molecule has 2 aromatic carbocycles. The summed E-state index contributed by atoms with van der Waals surface area (Å²) in [6, 6.07) is 18.3. The van der Waals surface area contributed by atoms with Gasteiger partial charge in [0.25, 0.3) is 0 Å². The molecular weight excluding hydrogens is 379 g/mol. The molecule has 1 heteroatoms. The van der Waals surface area contributed by atoms with Crippen molar-refractivity contribution < 1.29 is 0 Å². The largest absolute Gasteiger partial charge is 0.0646 e. The summed E-state index contributed by atoms with van der Waals surface area (Å²) in [4.78, 5) is 0. The number of rotatable bonds is 5. The van der Waals surface area contributed by atoms with E-state index in [2.05, 4.69) is 106 Å². The lowest BCUT2D eigenvalue weighted by molar-refractivity contribution is 0.504. The van der Waals surface area contributed by atoms with Gasteiger partial charge < -0.3 is 0 Å². The second-order valence-electron chi connectivity index (χ2n) is 7.01. The van der Waals surface area contributed by atoms with Gasteiger partial charge in [0.1, 0.15) is 0 Å². The van der Waals surface area contributed by atoms with Crippen LogP contribution in [0, 0.1) is 3.57 Å². The van der Waals surface area contributed by atoms with Crippen LogP contribution in [0.3, 0.4) is 0 Å². The van der Waals surface area contributed by atoms with Gasteiger partial charge in [0.2, 0.25) is 0 Å². The Morgan fingerprint density at radius 3 is 1.50 bits per heavy atom. The molecule has 0 bridgehead atoms. The lowest BCUT2D eigenvalue weighted by Crippen LogP contribution is -2.23. The molecule has 0 spiro atoms. The van der Waals surface area contributed by atoms with Crippen molar-refractivity contribution in [2.45, 2.75) is 58.3 Å². The standard InChI is InChI=1S/C21H27I/c1-6-20(3,4)16-8-10-17(11-9-16)21(5,7-2)18-12-14-19(22)15-13-18/h8-15H,6-7H2,1-5H3. The maximum absolute atomic E-state index is 2.37. The molecule has 0 saturated carbocycles. The van der Waals surface area contributed by atoms with Gasteiger partial charge >= 0.3 is 0 Å². The first kappa shape index (κ1) is 17.5. The van der Waals surface area contributed by atoms with Crippen LogP contribution >= 0.6 is 22.6 Å². The Balaban J connectivity index is 2.41. The minimum absolute atomic E-state index is 0.0826. The third-order valence-electron chi connectivity index (χ3n) is 5.38. The van der Waals surface area contributed by atoms with Crippen molar-refractivity contribution in [3.05, 3.63) is 68.8 Å². The van der Waals surface area contributed by atoms with Crippen molar-refractivity contribution in [3.8, 4) is 0 Å². The second-order valence-corrected chi connectivity index (χ2v) is 8.25. The summed E-state index contributed by atoms with van der Waals surface area (Å²) in [6.45, 7) is 11.5. The third-order valence-corrected chi connectivity index (χ3v) is 6.10. The molecule has 0 nitrogen and oxygen atoms in total. The zero-order valence-electron chi connectivity index (χ0n) is 14.4. The Kier molecular flexibility index (Phi) is 5.37. The maximum atomic E-state index is 2.37. The average molecular weight is 406 g/mol. The first-order chi connectivity index (χ1) is 10.3. The van der Waals surface area contributed by atoms with Gasteiger partial charge in [-0.25, -0.2) is 0 Å². The molecule has 0 amide bonds. The molecule has 2 rings (SSSR count). The van der Waals surface area contributed by atoms with E-state index in [1.165, 1.54) is 20.3 Å². The van der Waals surface area contributed by atoms with E-state index in [-0.39, 0.29) is 10.8 Å². The molecule has 118 valence electrons. The summed E-state index contributed by atoms with van der Waals surface area (Å²) in [5.41, 5.74) is 4.58. The van der Waals surface area contributed by atoms with E-state index in [4.69, 9.17) is 0 Å². The molecule has 0 radical (unpaired) electrons. The predicted octanol–water partition coefficient (Wildman–Crippen LogP) is 6.69. The van der Waals surface area contributed by atoms with Crippen LogP contribution in [-0.2, 0) is 10.8 Å². The Morgan fingerprint density at radius 1 is 0.682 bits per heavy atom. The zero-order valence-corrected chi connectivity index (χ0v) is 16.6. The lowest BCUT2D eigenvalue weighted by atomic mass is 9.73. The topological polar surface area (TPSA) is 0 Å². The van der Waals surface area contributed by atoms with Crippen molar-refractivity contribution in [3.63, 3.8) is 0 Å². The van der Waals surface area contributed by atoms with Crippen LogP contribution in [-0.4, -0.2) is 0 Å². The minimum Gasteiger partial charge on any atom is -0.0646 e. The van der Waals surface area contributed by atoms with Crippen molar-refractivity contribution in [2.75, 3.05) is 0 Å². The van der Waals surface area contributed by atoms with Gasteiger partial charge in [-0.05, 0) is 69.7 Å². The third kappa shape index (κ3) is 3.40. The normalized spacial score (nSPS) is 14.6. The second kappa shape index (κ2) is 6.74. The fraction of sp³-hybridized carbons (Fsp3) is 0.429. The number of hydrogen-bond acceptors (Lipinski definition) is 0. The van der Waals surface area contributed by atoms with Crippen molar-refractivity contribution >= 4 is 22.6 Å². The summed E-state index contributed by atoms with van der Waals surface area (Å²) in [7, 11) is 0. The molecule has 0 aromatic heterocycles. The van der Waals surface area contributed by atoms with Crippen LogP contribution in [0.25, 0.3) is 0 Å². The van der Waals surface area contributed by atoms with Crippen LogP contribution in [0.4, 0.5) is 0 Å². The van der Waals surface area contributed by atoms with Crippen LogP contribution in [0.15, 0.2) is 48.5 Å². The van der Waals surface area contributed by atoms with Gasteiger partial charge in [0, 0.05) is 8.99 Å². The quantitative estimate of drug-likeness (QED) is 0.485. The van der Waals surface area contributed by atoms with Gasteiger partial charge in [0.15, 0.2) is 0 Å². The Morgan fingerprint density at radius 2 is 1.09 bits per heavy atom. The Labute approximate surface area is 149 Å². The molecule has 0 saturated heterocycles. The number of hydrogen-bond donors (Lipinski definition) is 0. The molecule has 0 aliphatic rings. The molecule has 0 fully saturated rings. The smallest absolute Gasteiger partial charge is 0.0172 e. The molecule has 0 N–H and O–H groups in total. The number of benzene rings is 2. The van der Waals surface area contributed by atoms with Crippen LogP contribution in [0.1, 0.15) is 64.2 Å². The minimum atomic E-state index is 0.0826. The monoisotopic (exact) mass is 406 g/mol. The van der Waals surface area contributed by atoms with E-state index in [0.29, 0.717) is 0 Å². The molecule has 0 aliphatic heterocycles. The van der Waals surface area contributed by atoms with E-state index in [1.54, 1.807) is 0 Å². The molecule has 2 aromatic rings. The van der Waals surface area contributed by atoms with Crippen molar-refractivity contribution in [1.29, 1.82) is 0 Å². The van der Waals surface area contributed by atoms with E-state index >= 15 is 0 Å². The first-order valence-corrected chi connectivity index (χ1v) is 9.28. The fourth-order valence-electron chi connectivity index (χ4n) is 2.89. The molecule has 0 heterocycles. The highest BCUT2D eigenvalue weighted by Crippen LogP contribution is 2.37. The average Bonchev–Trinajstić information content (AvgIpc) is 2.55. The fourth-order valence-corrected chi connectivity index (χ4v) is 3.25. The Hall–Kier alpha value is -0.830. The van der Waals surface area contributed by atoms with Crippen LogP contribution < -0.4 is 0 Å². The molecule has 1 atom stereocenters. The Bertz CT molecular complexity index is 607. The van der Waals surface area contributed by atoms with Crippen molar-refractivity contribution in [2.24, 2.45) is 0 Å². The highest BCUT2D eigenvalue weighted by Gasteiger charge is 2.27. The van der Waals surface area contributed by atoms with Gasteiger partial charge in [-0.2, -0.15) is 0 Å². The molecule has 0 aliphatic carbocycles. The lowest BCUT2D eigenvalue weighted by Gasteiger charge is -2.31. The van der Waals surface area contributed by atoms with Gasteiger partial charge in [0.05, 0.1) is 0 Å². The van der Waals surface area contributed by atoms with Crippen LogP contribution in [0.5, 0.6) is 0 Å². The van der Waals surface area contributed by atoms with Crippen molar-refractivity contribution in [1.82, 2.24) is 0 Å². The van der Waals surface area contributed by atoms with Crippen LogP contribution in [0.2, 0.25) is 0 Å². The molecule has 1 unspecified atom stereocenters. The van der Waals surface area contributed by atoms with E-state index in [0.717, 1.165) is 12.8 Å². The van der Waals surface area contributed by atoms with E-state index in [9.17, 15) is 0 Å². The molecule has 22 heavy (non-hydrogen) atoms. The first-order valence-electron chi connectivity index (χ1n) is 8.20. The summed E-state index contributed by atoms with van der Waals surface area (Å²) >= 11 is 2.37. The van der Waals surface area contributed by atoms with Gasteiger partial charge in [-0.15, -0.1) is 0 Å². The molecular formula is C21H27I. The SMILES string of the molecule is CCC(C)(C)c1ccc(C(C)(CC)c2ccc(I)cc2)cc1. The summed E-state index contributed by atoms with van der Waals surface area (Å²) in [5.74, 6) is 0. The summed E-state index contributed by atoms with van der Waals surface area (Å²) in [5, 5.41) is 0. The summed E-state index contributed by atoms with van der Waals surface area (Å²) in [6.07, 6.45) is 2.26. The van der Waals surface area contributed by atoms with E-state index < -0.39 is 0 Å². The highest BCUT2D eigenvalue weighted by atomic mass is 127. The zero-order chi connectivity index (χ0) is 16.4.